The number of halogens is 1. The lowest BCUT2D eigenvalue weighted by Gasteiger charge is -2.26. The summed E-state index contributed by atoms with van der Waals surface area (Å²) in [5, 5.41) is 13.7. The number of benzene rings is 1. The van der Waals surface area contributed by atoms with Crippen molar-refractivity contribution in [1.29, 1.82) is 0 Å². The number of aliphatic hydroxyl groups excluding tert-OH is 1. The zero-order valence-corrected chi connectivity index (χ0v) is 12.5. The highest BCUT2D eigenvalue weighted by atomic mass is 79.9. The van der Waals surface area contributed by atoms with Gasteiger partial charge in [0, 0.05) is 16.6 Å². The van der Waals surface area contributed by atoms with Gasteiger partial charge in [-0.2, -0.15) is 0 Å². The second-order valence-electron chi connectivity index (χ2n) is 5.25. The molecule has 1 saturated carbocycles. The predicted octanol–water partition coefficient (Wildman–Crippen LogP) is 3.79. The molecule has 0 amide bonds. The third kappa shape index (κ3) is 3.81. The van der Waals surface area contributed by atoms with E-state index in [9.17, 15) is 5.11 Å². The first-order chi connectivity index (χ1) is 8.66. The van der Waals surface area contributed by atoms with Gasteiger partial charge in [0.05, 0.1) is 6.10 Å². The Labute approximate surface area is 118 Å². The molecule has 0 spiro atoms. The van der Waals surface area contributed by atoms with Crippen LogP contribution in [0.5, 0.6) is 0 Å². The Hall–Kier alpha value is -0.380. The van der Waals surface area contributed by atoms with Crippen molar-refractivity contribution >= 4 is 15.9 Å². The van der Waals surface area contributed by atoms with Crippen molar-refractivity contribution < 1.29 is 5.11 Å². The van der Waals surface area contributed by atoms with Gasteiger partial charge < -0.3 is 10.4 Å². The summed E-state index contributed by atoms with van der Waals surface area (Å²) in [5.41, 5.74) is 1.27. The molecule has 3 atom stereocenters. The third-order valence-electron chi connectivity index (χ3n) is 3.81. The van der Waals surface area contributed by atoms with Crippen LogP contribution in [0.1, 0.15) is 50.6 Å². The second-order valence-corrected chi connectivity index (χ2v) is 6.17. The van der Waals surface area contributed by atoms with Crippen LogP contribution in [-0.4, -0.2) is 17.3 Å². The van der Waals surface area contributed by atoms with E-state index in [2.05, 4.69) is 52.4 Å². The Bertz CT molecular complexity index is 365. The fraction of sp³-hybridized carbons (Fsp3) is 0.600. The van der Waals surface area contributed by atoms with Gasteiger partial charge in [0.25, 0.3) is 0 Å². The van der Waals surface area contributed by atoms with E-state index in [0.717, 1.165) is 23.7 Å². The molecule has 0 radical (unpaired) electrons. The van der Waals surface area contributed by atoms with E-state index in [1.807, 2.05) is 0 Å². The van der Waals surface area contributed by atoms with Gasteiger partial charge in [-0.1, -0.05) is 47.3 Å². The highest BCUT2D eigenvalue weighted by Gasteiger charge is 2.23. The van der Waals surface area contributed by atoms with Crippen molar-refractivity contribution in [3.05, 3.63) is 34.3 Å². The van der Waals surface area contributed by atoms with Crippen LogP contribution in [0.4, 0.5) is 0 Å². The van der Waals surface area contributed by atoms with E-state index >= 15 is 0 Å². The average Bonchev–Trinajstić information content (AvgIpc) is 2.56. The Kier molecular flexibility index (Phi) is 5.22. The molecule has 0 heterocycles. The molecular weight excluding hydrogens is 290 g/mol. The molecule has 0 aliphatic heterocycles. The van der Waals surface area contributed by atoms with E-state index in [1.54, 1.807) is 0 Å². The molecule has 0 aromatic heterocycles. The van der Waals surface area contributed by atoms with Crippen LogP contribution in [0.3, 0.4) is 0 Å². The van der Waals surface area contributed by atoms with Gasteiger partial charge >= 0.3 is 0 Å². The van der Waals surface area contributed by atoms with Crippen molar-refractivity contribution in [2.75, 3.05) is 0 Å². The lowest BCUT2D eigenvalue weighted by molar-refractivity contribution is 0.115. The zero-order chi connectivity index (χ0) is 13.0. The van der Waals surface area contributed by atoms with E-state index in [0.29, 0.717) is 0 Å². The summed E-state index contributed by atoms with van der Waals surface area (Å²) in [4.78, 5) is 0. The van der Waals surface area contributed by atoms with E-state index in [-0.39, 0.29) is 18.2 Å². The second kappa shape index (κ2) is 6.69. The minimum Gasteiger partial charge on any atom is -0.392 e. The molecular formula is C15H22BrNO. The maximum absolute atomic E-state index is 10.1. The Morgan fingerprint density at radius 2 is 1.83 bits per heavy atom. The van der Waals surface area contributed by atoms with Gasteiger partial charge in [-0.05, 0) is 37.5 Å². The van der Waals surface area contributed by atoms with Gasteiger partial charge in [0.15, 0.2) is 0 Å². The molecule has 2 rings (SSSR count). The highest BCUT2D eigenvalue weighted by molar-refractivity contribution is 9.10. The van der Waals surface area contributed by atoms with Crippen molar-refractivity contribution in [3.8, 4) is 0 Å². The summed E-state index contributed by atoms with van der Waals surface area (Å²) in [6.45, 7) is 2.17. The van der Waals surface area contributed by atoms with E-state index < -0.39 is 0 Å². The Balaban J connectivity index is 1.97. The molecule has 2 unspecified atom stereocenters. The molecule has 0 saturated heterocycles. The smallest absolute Gasteiger partial charge is 0.0693 e. The summed E-state index contributed by atoms with van der Waals surface area (Å²) < 4.78 is 1.10. The fourth-order valence-corrected chi connectivity index (χ4v) is 2.92. The van der Waals surface area contributed by atoms with Crippen molar-refractivity contribution in [3.63, 3.8) is 0 Å². The molecule has 1 aliphatic rings. The molecule has 2 N–H and O–H groups in total. The van der Waals surface area contributed by atoms with Crippen LogP contribution in [0.15, 0.2) is 28.7 Å². The molecule has 100 valence electrons. The maximum Gasteiger partial charge on any atom is 0.0693 e. The molecule has 0 bridgehead atoms. The van der Waals surface area contributed by atoms with Gasteiger partial charge in [0.2, 0.25) is 0 Å². The summed E-state index contributed by atoms with van der Waals surface area (Å²) in [6.07, 6.45) is 5.47. The van der Waals surface area contributed by atoms with Crippen LogP contribution in [0.2, 0.25) is 0 Å². The molecule has 1 aromatic rings. The van der Waals surface area contributed by atoms with Crippen molar-refractivity contribution in [2.24, 2.45) is 0 Å². The monoisotopic (exact) mass is 311 g/mol. The average molecular weight is 312 g/mol. The number of hydrogen-bond donors (Lipinski definition) is 2. The third-order valence-corrected chi connectivity index (χ3v) is 4.34. The number of rotatable bonds is 3. The topological polar surface area (TPSA) is 32.3 Å². The molecule has 1 aromatic carbocycles. The SMILES string of the molecule is C[C@H](NC1CCCCCC1O)c1ccc(Br)cc1. The largest absolute Gasteiger partial charge is 0.392 e. The van der Waals surface area contributed by atoms with E-state index in [1.165, 1.54) is 18.4 Å². The van der Waals surface area contributed by atoms with Gasteiger partial charge in [-0.25, -0.2) is 0 Å². The number of aliphatic hydroxyl groups is 1. The molecule has 18 heavy (non-hydrogen) atoms. The summed E-state index contributed by atoms with van der Waals surface area (Å²) in [7, 11) is 0. The molecule has 1 fully saturated rings. The molecule has 3 heteroatoms. The van der Waals surface area contributed by atoms with Crippen LogP contribution >= 0.6 is 15.9 Å². The summed E-state index contributed by atoms with van der Waals surface area (Å²) in [6, 6.07) is 8.92. The zero-order valence-electron chi connectivity index (χ0n) is 10.9. The molecule has 2 nitrogen and oxygen atoms in total. The minimum absolute atomic E-state index is 0.189. The first-order valence-corrected chi connectivity index (χ1v) is 7.65. The number of hydrogen-bond acceptors (Lipinski definition) is 2. The van der Waals surface area contributed by atoms with Crippen LogP contribution in [0.25, 0.3) is 0 Å². The maximum atomic E-state index is 10.1. The van der Waals surface area contributed by atoms with Crippen molar-refractivity contribution in [1.82, 2.24) is 5.32 Å². The lowest BCUT2D eigenvalue weighted by Crippen LogP contribution is -2.40. The normalized spacial score (nSPS) is 26.6. The molecule has 1 aliphatic carbocycles. The van der Waals surface area contributed by atoms with Gasteiger partial charge in [-0.3, -0.25) is 0 Å². The van der Waals surface area contributed by atoms with Crippen molar-refractivity contribution in [2.45, 2.75) is 57.2 Å². The Morgan fingerprint density at radius 1 is 1.17 bits per heavy atom. The summed E-state index contributed by atoms with van der Waals surface area (Å²) in [5.74, 6) is 0. The Morgan fingerprint density at radius 3 is 2.56 bits per heavy atom. The first kappa shape index (κ1) is 14.0. The standard InChI is InChI=1S/C15H22BrNO/c1-11(12-7-9-13(16)10-8-12)17-14-5-3-2-4-6-15(14)18/h7-11,14-15,17-18H,2-6H2,1H3/t11-,14?,15?/m0/s1. The van der Waals surface area contributed by atoms with Gasteiger partial charge in [-0.15, -0.1) is 0 Å². The fourth-order valence-electron chi connectivity index (χ4n) is 2.65. The van der Waals surface area contributed by atoms with Crippen LogP contribution < -0.4 is 5.32 Å². The van der Waals surface area contributed by atoms with Crippen LogP contribution in [-0.2, 0) is 0 Å². The highest BCUT2D eigenvalue weighted by Crippen LogP contribution is 2.22. The first-order valence-electron chi connectivity index (χ1n) is 6.86. The van der Waals surface area contributed by atoms with Crippen LogP contribution in [0, 0.1) is 0 Å². The van der Waals surface area contributed by atoms with Gasteiger partial charge in [0.1, 0.15) is 0 Å². The van der Waals surface area contributed by atoms with E-state index in [4.69, 9.17) is 0 Å². The number of nitrogens with one attached hydrogen (secondary N) is 1. The predicted molar refractivity (Wildman–Crippen MR) is 78.6 cm³/mol. The summed E-state index contributed by atoms with van der Waals surface area (Å²) >= 11 is 3.45. The minimum atomic E-state index is -0.189. The lowest BCUT2D eigenvalue weighted by atomic mass is 10.0. The quantitative estimate of drug-likeness (QED) is 0.832.